The van der Waals surface area contributed by atoms with Crippen LogP contribution in [0.25, 0.3) is 0 Å². The number of aromatic nitrogens is 2. The molecule has 1 aromatic carbocycles. The van der Waals surface area contributed by atoms with Gasteiger partial charge in [-0.2, -0.15) is 0 Å². The van der Waals surface area contributed by atoms with Gasteiger partial charge in [0.1, 0.15) is 17.6 Å². The molecule has 58 heavy (non-hydrogen) atoms. The van der Waals surface area contributed by atoms with E-state index in [1.165, 1.54) is 25.3 Å². The van der Waals surface area contributed by atoms with E-state index in [0.29, 0.717) is 42.9 Å². The largest absolute Gasteiger partial charge is 0.469 e. The summed E-state index contributed by atoms with van der Waals surface area (Å²) in [6, 6.07) is 3.23. The zero-order chi connectivity index (χ0) is 41.1. The van der Waals surface area contributed by atoms with Gasteiger partial charge in [-0.05, 0) is 104 Å². The van der Waals surface area contributed by atoms with Crippen molar-refractivity contribution in [2.24, 2.45) is 22.7 Å². The first kappa shape index (κ1) is 40.8. The van der Waals surface area contributed by atoms with Crippen LogP contribution in [0.2, 0.25) is 0 Å². The average Bonchev–Trinajstić information content (AvgIpc) is 4.07. The third kappa shape index (κ3) is 8.43. The van der Waals surface area contributed by atoms with Gasteiger partial charge >= 0.3 is 12.1 Å². The third-order valence-electron chi connectivity index (χ3n) is 12.8. The lowest BCUT2D eigenvalue weighted by molar-refractivity contribution is -0.148. The highest BCUT2D eigenvalue weighted by Crippen LogP contribution is 2.51. The number of nitrogens with one attached hydrogen (secondary N) is 2. The number of carbonyl (C=O) groups is 4. The fourth-order valence-electron chi connectivity index (χ4n) is 9.64. The summed E-state index contributed by atoms with van der Waals surface area (Å²) in [4.78, 5) is 68.0. The molecule has 8 rings (SSSR count). The van der Waals surface area contributed by atoms with Crippen LogP contribution in [0, 0.1) is 41.4 Å². The van der Waals surface area contributed by atoms with Crippen LogP contribution in [0.3, 0.4) is 0 Å². The van der Waals surface area contributed by atoms with Gasteiger partial charge in [-0.15, -0.1) is 0 Å². The number of aliphatic imine (C=N–C) groups is 1. The summed E-state index contributed by atoms with van der Waals surface area (Å²) in [7, 11) is 2.66. The summed E-state index contributed by atoms with van der Waals surface area (Å²) in [5.74, 6) is 14.4. The van der Waals surface area contributed by atoms with Gasteiger partial charge < -0.3 is 29.6 Å². The molecule has 2 bridgehead atoms. The number of ether oxygens (including phenoxy) is 2. The summed E-state index contributed by atoms with van der Waals surface area (Å²) in [5, 5.41) is 2.70. The number of alkyl carbamates (subject to hydrolysis) is 1. The molecule has 4 atom stereocenters. The molecule has 1 saturated carbocycles. The minimum atomic E-state index is -0.693. The Hall–Kier alpha value is -5.36. The number of benzene rings is 1. The van der Waals surface area contributed by atoms with Crippen molar-refractivity contribution in [3.05, 3.63) is 63.9 Å². The molecule has 12 nitrogen and oxygen atoms in total. The Kier molecular flexibility index (Phi) is 12.4. The number of H-pyrrole nitrogens is 1. The Morgan fingerprint density at radius 2 is 1.43 bits per heavy atom. The second-order valence-corrected chi connectivity index (χ2v) is 17.0. The SMILES string of the molecule is COC(=O)C[C@H](C(=O)N1CCC[C@H]1C1=NC=C(C#Cc2ccc(C#Cc3cnc([C@H]4CCCN4C(=O)C(NC(=O)OC)C(C)C)[nH]3)c3c2C2CCC3CC2)C1)C(C)C. The topological polar surface area (TPSA) is 146 Å². The number of rotatable bonds is 9. The summed E-state index contributed by atoms with van der Waals surface area (Å²) in [6.07, 6.45) is 11.7. The second-order valence-electron chi connectivity index (χ2n) is 17.0. The van der Waals surface area contributed by atoms with Crippen molar-refractivity contribution < 1.29 is 28.7 Å². The van der Waals surface area contributed by atoms with Crippen LogP contribution < -0.4 is 5.32 Å². The molecular formula is C46H56N6O6. The molecule has 3 fully saturated rings. The molecule has 6 aliphatic rings. The van der Waals surface area contributed by atoms with Crippen molar-refractivity contribution in [1.82, 2.24) is 25.1 Å². The van der Waals surface area contributed by atoms with Gasteiger partial charge in [0.15, 0.2) is 0 Å². The van der Waals surface area contributed by atoms with Crippen molar-refractivity contribution in [1.29, 1.82) is 0 Å². The molecule has 12 heteroatoms. The highest BCUT2D eigenvalue weighted by molar-refractivity contribution is 5.98. The molecule has 0 spiro atoms. The van der Waals surface area contributed by atoms with E-state index in [1.54, 1.807) is 11.1 Å². The van der Waals surface area contributed by atoms with Crippen molar-refractivity contribution in [3.63, 3.8) is 0 Å². The van der Waals surface area contributed by atoms with Crippen molar-refractivity contribution >= 4 is 29.6 Å². The summed E-state index contributed by atoms with van der Waals surface area (Å²) >= 11 is 0. The maximum absolute atomic E-state index is 13.7. The number of amides is 3. The molecule has 2 N–H and O–H groups in total. The molecule has 3 aliphatic heterocycles. The van der Waals surface area contributed by atoms with Gasteiger partial charge in [-0.1, -0.05) is 45.5 Å². The quantitative estimate of drug-likeness (QED) is 0.218. The zero-order valence-electron chi connectivity index (χ0n) is 34.7. The maximum atomic E-state index is 13.7. The van der Waals surface area contributed by atoms with Crippen molar-refractivity contribution in [2.75, 3.05) is 27.3 Å². The average molecular weight is 789 g/mol. The number of allylic oxidation sites excluding steroid dienone is 1. The van der Waals surface area contributed by atoms with Gasteiger partial charge in [-0.3, -0.25) is 19.4 Å². The van der Waals surface area contributed by atoms with Gasteiger partial charge in [0, 0.05) is 48.1 Å². The lowest BCUT2D eigenvalue weighted by Crippen LogP contribution is -2.51. The highest BCUT2D eigenvalue weighted by Gasteiger charge is 2.40. The van der Waals surface area contributed by atoms with Gasteiger partial charge in [0.2, 0.25) is 11.8 Å². The predicted octanol–water partition coefficient (Wildman–Crippen LogP) is 6.51. The monoisotopic (exact) mass is 788 g/mol. The molecule has 4 heterocycles. The van der Waals surface area contributed by atoms with Crippen molar-refractivity contribution in [2.45, 2.75) is 122 Å². The Balaban J connectivity index is 1.06. The lowest BCUT2D eigenvalue weighted by atomic mass is 9.64. The van der Waals surface area contributed by atoms with E-state index in [1.807, 2.05) is 38.8 Å². The molecule has 3 aliphatic carbocycles. The van der Waals surface area contributed by atoms with E-state index in [0.717, 1.165) is 73.8 Å². The number of methoxy groups -OCH3 is 2. The normalized spacial score (nSPS) is 23.0. The number of imidazole rings is 1. The zero-order valence-corrected chi connectivity index (χ0v) is 34.7. The number of carbonyl (C=O) groups excluding carboxylic acids is 4. The summed E-state index contributed by atoms with van der Waals surface area (Å²) in [5.41, 5.74) is 7.35. The van der Waals surface area contributed by atoms with Crippen LogP contribution in [0.1, 0.15) is 144 Å². The Morgan fingerprint density at radius 1 is 0.810 bits per heavy atom. The van der Waals surface area contributed by atoms with E-state index in [4.69, 9.17) is 14.5 Å². The number of nitrogens with zero attached hydrogens (tertiary/aromatic N) is 4. The Labute approximate surface area is 342 Å². The fraction of sp³-hybridized carbons (Fsp3) is 0.565. The predicted molar refractivity (Wildman–Crippen MR) is 220 cm³/mol. The molecule has 1 aromatic heterocycles. The first-order chi connectivity index (χ1) is 28.0. The maximum Gasteiger partial charge on any atom is 0.407 e. The fourth-order valence-corrected chi connectivity index (χ4v) is 9.64. The first-order valence-electron chi connectivity index (χ1n) is 21.0. The molecule has 0 radical (unpaired) electrons. The van der Waals surface area contributed by atoms with Crippen LogP contribution in [-0.2, 0) is 23.9 Å². The third-order valence-corrected chi connectivity index (χ3v) is 12.8. The van der Waals surface area contributed by atoms with E-state index in [9.17, 15) is 19.2 Å². The van der Waals surface area contributed by atoms with E-state index in [2.05, 4.69) is 51.1 Å². The summed E-state index contributed by atoms with van der Waals surface area (Å²) < 4.78 is 9.67. The van der Waals surface area contributed by atoms with Gasteiger partial charge in [0.05, 0.1) is 44.8 Å². The summed E-state index contributed by atoms with van der Waals surface area (Å²) in [6.45, 7) is 9.02. The minimum absolute atomic E-state index is 0.00144. The van der Waals surface area contributed by atoms with Crippen molar-refractivity contribution in [3.8, 4) is 23.7 Å². The second kappa shape index (κ2) is 17.6. The molecule has 306 valence electrons. The van der Waals surface area contributed by atoms with Gasteiger partial charge in [-0.25, -0.2) is 9.78 Å². The van der Waals surface area contributed by atoms with Gasteiger partial charge in [0.25, 0.3) is 0 Å². The molecular weight excluding hydrogens is 733 g/mol. The Bertz CT molecular complexity index is 2120. The number of esters is 1. The van der Waals surface area contributed by atoms with E-state index >= 15 is 0 Å². The lowest BCUT2D eigenvalue weighted by Gasteiger charge is -2.39. The highest BCUT2D eigenvalue weighted by atomic mass is 16.5. The number of hydrogen-bond donors (Lipinski definition) is 2. The first-order valence-corrected chi connectivity index (χ1v) is 21.0. The smallest absolute Gasteiger partial charge is 0.407 e. The van der Waals surface area contributed by atoms with Crippen LogP contribution in [0.15, 0.2) is 35.1 Å². The minimum Gasteiger partial charge on any atom is -0.469 e. The van der Waals surface area contributed by atoms with Crippen LogP contribution in [-0.4, -0.2) is 88.7 Å². The molecule has 3 amide bonds. The molecule has 2 saturated heterocycles. The van der Waals surface area contributed by atoms with Crippen LogP contribution >= 0.6 is 0 Å². The van der Waals surface area contributed by atoms with Crippen LogP contribution in [0.4, 0.5) is 4.79 Å². The van der Waals surface area contributed by atoms with E-state index < -0.39 is 18.1 Å². The molecule has 2 aromatic rings. The standard InChI is InChI=1S/C46H56N6O6/c1-27(2)35(24-39(53)57-5)44(54)51-21-7-9-37(51)36-23-29(25-47-36)11-12-30-13-18-33(41-32-16-14-31(15-17-32)40(30)41)19-20-34-26-48-43(49-34)38-10-8-22-52(38)45(55)42(28(3)4)50-46(56)58-6/h13,18,25-28,31-32,35,37-38,42H,7-10,14-17,21-24H2,1-6H3,(H,48,49)(H,50,56)/t31?,32?,35-,37-,38+,42?/m0/s1. The van der Waals surface area contributed by atoms with Crippen LogP contribution in [0.5, 0.6) is 0 Å². The molecule has 1 unspecified atom stereocenters. The Morgan fingerprint density at radius 3 is 2.03 bits per heavy atom. The number of hydrogen-bond acceptors (Lipinski definition) is 8. The number of fused-ring (bicyclic) bond motifs is 2. The number of likely N-dealkylation sites (tertiary alicyclic amines) is 2. The van der Waals surface area contributed by atoms with E-state index in [-0.39, 0.29) is 48.1 Å². The number of aromatic amines is 1.